The molecule has 106 valence electrons. The number of likely N-dealkylation sites (tertiary alicyclic amines) is 1. The molecular weight excluding hydrogens is 286 g/mol. The minimum Gasteiger partial charge on any atom is -0.368 e. The number of hydrogen-bond donors (Lipinski definition) is 1. The summed E-state index contributed by atoms with van der Waals surface area (Å²) in [6, 6.07) is 3.31. The van der Waals surface area contributed by atoms with Crippen LogP contribution >= 0.6 is 11.6 Å². The highest BCUT2D eigenvalue weighted by molar-refractivity contribution is 6.35. The average molecular weight is 298 g/mol. The van der Waals surface area contributed by atoms with Crippen molar-refractivity contribution in [2.24, 2.45) is 5.73 Å². The van der Waals surface area contributed by atoms with Gasteiger partial charge in [-0.2, -0.15) is 0 Å². The van der Waals surface area contributed by atoms with Gasteiger partial charge >= 0.3 is 0 Å². The maximum atomic E-state index is 12.4. The van der Waals surface area contributed by atoms with Gasteiger partial charge in [0.1, 0.15) is 11.1 Å². The lowest BCUT2D eigenvalue weighted by Crippen LogP contribution is -2.43. The van der Waals surface area contributed by atoms with E-state index in [1.807, 2.05) is 0 Å². The summed E-state index contributed by atoms with van der Waals surface area (Å²) >= 11 is 5.90. The summed E-state index contributed by atoms with van der Waals surface area (Å²) in [5.41, 5.74) is 4.91. The molecule has 2 amide bonds. The summed E-state index contributed by atoms with van der Waals surface area (Å²) < 4.78 is 0. The smallest absolute Gasteiger partial charge is 0.288 e. The Morgan fingerprint density at radius 1 is 1.45 bits per heavy atom. The Kier molecular flexibility index (Phi) is 3.89. The summed E-state index contributed by atoms with van der Waals surface area (Å²) in [5.74, 6) is -1.10. The molecule has 0 aliphatic carbocycles. The van der Waals surface area contributed by atoms with Gasteiger partial charge < -0.3 is 10.6 Å². The summed E-state index contributed by atoms with van der Waals surface area (Å²) in [5, 5.41) is 10.6. The lowest BCUT2D eigenvalue weighted by atomic mass is 10.1. The van der Waals surface area contributed by atoms with Crippen LogP contribution < -0.4 is 5.73 Å². The zero-order valence-corrected chi connectivity index (χ0v) is 11.2. The fourth-order valence-electron chi connectivity index (χ4n) is 2.29. The second-order valence-corrected chi connectivity index (χ2v) is 4.83. The number of nitrogens with two attached hydrogens (primary N) is 1. The van der Waals surface area contributed by atoms with E-state index in [9.17, 15) is 19.7 Å². The van der Waals surface area contributed by atoms with Crippen LogP contribution in [0.2, 0.25) is 5.02 Å². The Bertz CT molecular complexity index is 590. The van der Waals surface area contributed by atoms with Gasteiger partial charge in [0.25, 0.3) is 11.6 Å². The minimum absolute atomic E-state index is 0.00835. The lowest BCUT2D eigenvalue weighted by Gasteiger charge is -2.22. The summed E-state index contributed by atoms with van der Waals surface area (Å²) in [4.78, 5) is 35.1. The fraction of sp³-hybridized carbons (Fsp3) is 0.333. The van der Waals surface area contributed by atoms with Crippen LogP contribution in [0.15, 0.2) is 18.2 Å². The number of primary amides is 1. The van der Waals surface area contributed by atoms with Crippen LogP contribution in [-0.2, 0) is 4.79 Å². The van der Waals surface area contributed by atoms with Crippen molar-refractivity contribution in [3.63, 3.8) is 0 Å². The number of carbonyl (C=O) groups excluding carboxylic acids is 2. The first-order valence-electron chi connectivity index (χ1n) is 5.96. The Morgan fingerprint density at radius 3 is 2.75 bits per heavy atom. The van der Waals surface area contributed by atoms with Crippen molar-refractivity contribution in [2.45, 2.75) is 18.9 Å². The SMILES string of the molecule is NC(=O)C1CCCN1C(=O)c1cccc([N+](=O)[O-])c1Cl. The molecule has 0 bridgehead atoms. The van der Waals surface area contributed by atoms with Gasteiger partial charge in [-0.15, -0.1) is 0 Å². The molecule has 1 aliphatic heterocycles. The molecule has 1 heterocycles. The molecule has 0 spiro atoms. The number of carbonyl (C=O) groups is 2. The molecular formula is C12H12ClN3O4. The molecule has 1 fully saturated rings. The number of halogens is 1. The molecule has 2 N–H and O–H groups in total. The van der Waals surface area contributed by atoms with Crippen molar-refractivity contribution in [3.05, 3.63) is 38.9 Å². The Morgan fingerprint density at radius 2 is 2.15 bits per heavy atom. The molecule has 1 unspecified atom stereocenters. The lowest BCUT2D eigenvalue weighted by molar-refractivity contribution is -0.384. The number of nitrogens with zero attached hydrogens (tertiary/aromatic N) is 2. The third-order valence-corrected chi connectivity index (χ3v) is 3.64. The summed E-state index contributed by atoms with van der Waals surface area (Å²) in [6.07, 6.45) is 1.15. The number of nitro benzene ring substituents is 1. The Hall–Kier alpha value is -2.15. The topological polar surface area (TPSA) is 107 Å². The van der Waals surface area contributed by atoms with Crippen LogP contribution in [0.25, 0.3) is 0 Å². The minimum atomic E-state index is -0.683. The van der Waals surface area contributed by atoms with E-state index in [4.69, 9.17) is 17.3 Å². The third kappa shape index (κ3) is 2.44. The highest BCUT2D eigenvalue weighted by atomic mass is 35.5. The van der Waals surface area contributed by atoms with Crippen molar-refractivity contribution >= 4 is 29.1 Å². The molecule has 20 heavy (non-hydrogen) atoms. The molecule has 8 heteroatoms. The first kappa shape index (κ1) is 14.3. The number of benzene rings is 1. The fourth-order valence-corrected chi connectivity index (χ4v) is 2.56. The monoisotopic (exact) mass is 297 g/mol. The molecule has 0 aromatic heterocycles. The first-order valence-corrected chi connectivity index (χ1v) is 6.34. The highest BCUT2D eigenvalue weighted by Gasteiger charge is 2.34. The molecule has 2 rings (SSSR count). The van der Waals surface area contributed by atoms with Crippen molar-refractivity contribution < 1.29 is 14.5 Å². The second-order valence-electron chi connectivity index (χ2n) is 4.45. The Balaban J connectivity index is 2.37. The zero-order valence-electron chi connectivity index (χ0n) is 10.4. The van der Waals surface area contributed by atoms with E-state index in [2.05, 4.69) is 0 Å². The number of hydrogen-bond acceptors (Lipinski definition) is 4. The standard InChI is InChI=1S/C12H12ClN3O4/c13-10-7(3-1-4-8(10)16(19)20)12(18)15-6-2-5-9(15)11(14)17/h1,3-4,9H,2,5-6H2,(H2,14,17). The molecule has 1 saturated heterocycles. The largest absolute Gasteiger partial charge is 0.368 e. The highest BCUT2D eigenvalue weighted by Crippen LogP contribution is 2.30. The van der Waals surface area contributed by atoms with E-state index in [0.717, 1.165) is 0 Å². The van der Waals surface area contributed by atoms with E-state index in [-0.39, 0.29) is 16.3 Å². The van der Waals surface area contributed by atoms with Gasteiger partial charge in [0.15, 0.2) is 0 Å². The van der Waals surface area contributed by atoms with E-state index < -0.39 is 22.8 Å². The predicted octanol–water partition coefficient (Wildman–Crippen LogP) is 1.34. The van der Waals surface area contributed by atoms with Crippen molar-refractivity contribution in [2.75, 3.05) is 6.54 Å². The van der Waals surface area contributed by atoms with Gasteiger partial charge in [-0.05, 0) is 18.9 Å². The van der Waals surface area contributed by atoms with Crippen LogP contribution in [0.4, 0.5) is 5.69 Å². The van der Waals surface area contributed by atoms with Crippen molar-refractivity contribution in [3.8, 4) is 0 Å². The van der Waals surface area contributed by atoms with E-state index in [0.29, 0.717) is 19.4 Å². The third-order valence-electron chi connectivity index (χ3n) is 3.25. The van der Waals surface area contributed by atoms with Crippen LogP contribution in [0.3, 0.4) is 0 Å². The molecule has 7 nitrogen and oxygen atoms in total. The van der Waals surface area contributed by atoms with E-state index in [1.54, 1.807) is 0 Å². The molecule has 0 saturated carbocycles. The van der Waals surface area contributed by atoms with Crippen molar-refractivity contribution in [1.29, 1.82) is 0 Å². The van der Waals surface area contributed by atoms with Crippen molar-refractivity contribution in [1.82, 2.24) is 4.90 Å². The van der Waals surface area contributed by atoms with Crippen LogP contribution in [0, 0.1) is 10.1 Å². The quantitative estimate of drug-likeness (QED) is 0.671. The number of nitro groups is 1. The van der Waals surface area contributed by atoms with E-state index in [1.165, 1.54) is 23.1 Å². The summed E-state index contributed by atoms with van der Waals surface area (Å²) in [6.45, 7) is 0.380. The van der Waals surface area contributed by atoms with Crippen LogP contribution in [-0.4, -0.2) is 34.2 Å². The molecule has 1 atom stereocenters. The zero-order chi connectivity index (χ0) is 14.9. The second kappa shape index (κ2) is 5.46. The normalized spacial score (nSPS) is 18.1. The summed E-state index contributed by atoms with van der Waals surface area (Å²) in [7, 11) is 0. The maximum absolute atomic E-state index is 12.4. The van der Waals surface area contributed by atoms with Gasteiger partial charge in [0.2, 0.25) is 5.91 Å². The Labute approximate surface area is 119 Å². The van der Waals surface area contributed by atoms with Gasteiger partial charge in [0.05, 0.1) is 10.5 Å². The van der Waals surface area contributed by atoms with Gasteiger partial charge in [-0.3, -0.25) is 19.7 Å². The van der Waals surface area contributed by atoms with Gasteiger partial charge in [-0.25, -0.2) is 0 Å². The molecule has 1 aromatic rings. The first-order chi connectivity index (χ1) is 9.43. The van der Waals surface area contributed by atoms with Crippen LogP contribution in [0.5, 0.6) is 0 Å². The average Bonchev–Trinajstić information content (AvgIpc) is 2.87. The number of rotatable bonds is 3. The molecule has 1 aliphatic rings. The predicted molar refractivity (Wildman–Crippen MR) is 71.4 cm³/mol. The van der Waals surface area contributed by atoms with Crippen LogP contribution in [0.1, 0.15) is 23.2 Å². The number of amides is 2. The molecule has 0 radical (unpaired) electrons. The van der Waals surface area contributed by atoms with Gasteiger partial charge in [-0.1, -0.05) is 17.7 Å². The van der Waals surface area contributed by atoms with E-state index >= 15 is 0 Å². The molecule has 1 aromatic carbocycles. The van der Waals surface area contributed by atoms with Gasteiger partial charge in [0, 0.05) is 12.6 Å². The maximum Gasteiger partial charge on any atom is 0.288 e.